The average molecular weight is 312 g/mol. The summed E-state index contributed by atoms with van der Waals surface area (Å²) < 4.78 is 38.9. The number of halogens is 3. The number of hydrogen-bond donors (Lipinski definition) is 3. The Kier molecular flexibility index (Phi) is 4.11. The fourth-order valence-corrected chi connectivity index (χ4v) is 2.12. The molecule has 1 amide bonds. The maximum Gasteiger partial charge on any atom is 0.416 e. The van der Waals surface area contributed by atoms with Crippen molar-refractivity contribution in [3.63, 3.8) is 0 Å². The number of benzene rings is 1. The van der Waals surface area contributed by atoms with Gasteiger partial charge in [0.1, 0.15) is 5.69 Å². The molecule has 0 saturated carbocycles. The molecule has 0 spiro atoms. The van der Waals surface area contributed by atoms with Crippen LogP contribution in [0.4, 0.5) is 24.8 Å². The molecule has 1 heterocycles. The second-order valence-corrected chi connectivity index (χ2v) is 4.81. The lowest BCUT2D eigenvalue weighted by molar-refractivity contribution is -0.138. The number of nitrogen functional groups attached to an aromatic ring is 1. The summed E-state index contributed by atoms with van der Waals surface area (Å²) in [6.07, 6.45) is -2.77. The van der Waals surface area contributed by atoms with Crippen molar-refractivity contribution in [2.24, 2.45) is 0 Å². The number of alkyl halides is 3. The lowest BCUT2D eigenvalue weighted by Crippen LogP contribution is -2.16. The summed E-state index contributed by atoms with van der Waals surface area (Å²) in [6.45, 7) is 3.19. The Hall–Kier alpha value is -2.51. The molecule has 22 heavy (non-hydrogen) atoms. The van der Waals surface area contributed by atoms with E-state index >= 15 is 0 Å². The molecule has 0 radical (unpaired) electrons. The van der Waals surface area contributed by atoms with Gasteiger partial charge in [-0.2, -0.15) is 13.2 Å². The normalized spacial score (nSPS) is 11.5. The molecule has 0 saturated heterocycles. The highest BCUT2D eigenvalue weighted by atomic mass is 19.4. The molecule has 0 unspecified atom stereocenters. The minimum atomic E-state index is -4.48. The number of aryl methyl sites for hydroxylation is 2. The summed E-state index contributed by atoms with van der Waals surface area (Å²) >= 11 is 0. The molecule has 2 aromatic rings. The molecule has 0 aliphatic rings. The summed E-state index contributed by atoms with van der Waals surface area (Å²) in [5, 5.41) is 2.47. The molecule has 4 N–H and O–H groups in total. The zero-order chi connectivity index (χ0) is 16.5. The van der Waals surface area contributed by atoms with Crippen LogP contribution in [-0.2, 0) is 12.6 Å². The zero-order valence-corrected chi connectivity index (χ0v) is 12.0. The predicted octanol–water partition coefficient (Wildman–Crippen LogP) is 3.13. The van der Waals surface area contributed by atoms with E-state index in [1.54, 1.807) is 6.92 Å². The van der Waals surface area contributed by atoms with Crippen molar-refractivity contribution in [1.82, 2.24) is 9.97 Å². The summed E-state index contributed by atoms with van der Waals surface area (Å²) in [6, 6.07) is 2.38. The minimum Gasteiger partial charge on any atom is -0.369 e. The summed E-state index contributed by atoms with van der Waals surface area (Å²) in [4.78, 5) is 18.2. The third-order valence-electron chi connectivity index (χ3n) is 3.22. The highest BCUT2D eigenvalue weighted by Crippen LogP contribution is 2.35. The molecular weight excluding hydrogens is 297 g/mol. The molecule has 1 aromatic carbocycles. The minimum absolute atomic E-state index is 0.0563. The number of aromatic amines is 1. The van der Waals surface area contributed by atoms with Crippen LogP contribution < -0.4 is 11.1 Å². The van der Waals surface area contributed by atoms with E-state index in [1.165, 1.54) is 19.2 Å². The number of nitrogens with two attached hydrogens (primary N) is 1. The quantitative estimate of drug-likeness (QED) is 0.814. The van der Waals surface area contributed by atoms with Crippen LogP contribution in [0.2, 0.25) is 0 Å². The van der Waals surface area contributed by atoms with E-state index in [4.69, 9.17) is 5.73 Å². The Bertz CT molecular complexity index is 707. The van der Waals surface area contributed by atoms with Crippen molar-refractivity contribution in [3.05, 3.63) is 40.7 Å². The van der Waals surface area contributed by atoms with Crippen LogP contribution >= 0.6 is 0 Å². The number of nitrogens with one attached hydrogen (secondary N) is 2. The van der Waals surface area contributed by atoms with Gasteiger partial charge in [0, 0.05) is 5.69 Å². The number of rotatable bonds is 3. The summed E-state index contributed by atoms with van der Waals surface area (Å²) in [5.41, 5.74) is 5.53. The molecule has 0 aliphatic heterocycles. The molecule has 2 rings (SSSR count). The maximum absolute atomic E-state index is 13.0. The van der Waals surface area contributed by atoms with E-state index in [-0.39, 0.29) is 22.9 Å². The number of anilines is 2. The highest BCUT2D eigenvalue weighted by Gasteiger charge is 2.33. The summed E-state index contributed by atoms with van der Waals surface area (Å²) in [5.74, 6) is -0.545. The van der Waals surface area contributed by atoms with Gasteiger partial charge in [0.2, 0.25) is 0 Å². The molecule has 1 aromatic heterocycles. The van der Waals surface area contributed by atoms with Gasteiger partial charge in [-0.1, -0.05) is 13.0 Å². The molecular formula is C14H15F3N4O. The van der Waals surface area contributed by atoms with Crippen molar-refractivity contribution >= 4 is 17.5 Å². The Morgan fingerprint density at radius 2 is 2.09 bits per heavy atom. The fourth-order valence-electron chi connectivity index (χ4n) is 2.12. The second-order valence-electron chi connectivity index (χ2n) is 4.81. The van der Waals surface area contributed by atoms with Crippen LogP contribution in [-0.4, -0.2) is 15.9 Å². The van der Waals surface area contributed by atoms with Crippen LogP contribution in [0.5, 0.6) is 0 Å². The monoisotopic (exact) mass is 312 g/mol. The molecule has 0 fully saturated rings. The number of aromatic nitrogens is 2. The first kappa shape index (κ1) is 15.9. The van der Waals surface area contributed by atoms with Gasteiger partial charge >= 0.3 is 6.18 Å². The number of carbonyl (C=O) groups excluding carboxylic acids is 1. The van der Waals surface area contributed by atoms with Crippen LogP contribution in [0, 0.1) is 6.92 Å². The third kappa shape index (κ3) is 3.21. The standard InChI is InChI=1S/C14H15F3N4O/c1-3-8-4-7(2)9(14(15,16)17)5-10(8)20-12(22)11-6-19-13(18)21-11/h4-6H,3H2,1-2H3,(H,20,22)(H3,18,19,21). The van der Waals surface area contributed by atoms with Gasteiger partial charge in [-0.15, -0.1) is 0 Å². The molecule has 0 atom stereocenters. The fraction of sp³-hybridized carbons (Fsp3) is 0.286. The van der Waals surface area contributed by atoms with Crippen LogP contribution in [0.1, 0.15) is 34.1 Å². The maximum atomic E-state index is 13.0. The van der Waals surface area contributed by atoms with E-state index in [2.05, 4.69) is 15.3 Å². The highest BCUT2D eigenvalue weighted by molar-refractivity contribution is 6.03. The molecule has 5 nitrogen and oxygen atoms in total. The first-order chi connectivity index (χ1) is 10.2. The molecule has 8 heteroatoms. The van der Waals surface area contributed by atoms with Gasteiger partial charge in [-0.3, -0.25) is 4.79 Å². The van der Waals surface area contributed by atoms with E-state index in [1.807, 2.05) is 0 Å². The van der Waals surface area contributed by atoms with Crippen molar-refractivity contribution in [2.75, 3.05) is 11.1 Å². The second kappa shape index (κ2) is 5.70. The van der Waals surface area contributed by atoms with Gasteiger partial charge in [-0.25, -0.2) is 4.98 Å². The van der Waals surface area contributed by atoms with E-state index in [0.29, 0.717) is 12.0 Å². The lowest BCUT2D eigenvalue weighted by atomic mass is 10.0. The Balaban J connectivity index is 2.39. The number of imidazole rings is 1. The van der Waals surface area contributed by atoms with E-state index < -0.39 is 17.6 Å². The first-order valence-electron chi connectivity index (χ1n) is 6.55. The van der Waals surface area contributed by atoms with Crippen molar-refractivity contribution in [2.45, 2.75) is 26.4 Å². The lowest BCUT2D eigenvalue weighted by Gasteiger charge is -2.16. The Morgan fingerprint density at radius 3 is 2.59 bits per heavy atom. The Morgan fingerprint density at radius 1 is 1.41 bits per heavy atom. The first-order valence-corrected chi connectivity index (χ1v) is 6.55. The van der Waals surface area contributed by atoms with Gasteiger partial charge in [-0.05, 0) is 30.5 Å². The van der Waals surface area contributed by atoms with Gasteiger partial charge in [0.15, 0.2) is 5.95 Å². The van der Waals surface area contributed by atoms with Crippen LogP contribution in [0.3, 0.4) is 0 Å². The smallest absolute Gasteiger partial charge is 0.369 e. The summed E-state index contributed by atoms with van der Waals surface area (Å²) in [7, 11) is 0. The number of carbonyl (C=O) groups is 1. The van der Waals surface area contributed by atoms with Crippen molar-refractivity contribution in [3.8, 4) is 0 Å². The van der Waals surface area contributed by atoms with Crippen molar-refractivity contribution in [1.29, 1.82) is 0 Å². The number of hydrogen-bond acceptors (Lipinski definition) is 3. The zero-order valence-electron chi connectivity index (χ0n) is 12.0. The average Bonchev–Trinajstić information content (AvgIpc) is 2.85. The van der Waals surface area contributed by atoms with E-state index in [0.717, 1.165) is 6.07 Å². The number of amides is 1. The van der Waals surface area contributed by atoms with Crippen molar-refractivity contribution < 1.29 is 18.0 Å². The topological polar surface area (TPSA) is 83.8 Å². The number of H-pyrrole nitrogens is 1. The van der Waals surface area contributed by atoms with Gasteiger partial charge in [0.05, 0.1) is 11.8 Å². The Labute approximate surface area is 124 Å². The largest absolute Gasteiger partial charge is 0.416 e. The van der Waals surface area contributed by atoms with Gasteiger partial charge < -0.3 is 16.0 Å². The molecule has 0 aliphatic carbocycles. The number of nitrogens with zero attached hydrogens (tertiary/aromatic N) is 1. The van der Waals surface area contributed by atoms with Crippen LogP contribution in [0.25, 0.3) is 0 Å². The van der Waals surface area contributed by atoms with Gasteiger partial charge in [0.25, 0.3) is 5.91 Å². The van der Waals surface area contributed by atoms with E-state index in [9.17, 15) is 18.0 Å². The third-order valence-corrected chi connectivity index (χ3v) is 3.22. The predicted molar refractivity (Wildman–Crippen MR) is 76.5 cm³/mol. The molecule has 118 valence electrons. The van der Waals surface area contributed by atoms with Crippen LogP contribution in [0.15, 0.2) is 18.3 Å². The SMILES string of the molecule is CCc1cc(C)c(C(F)(F)F)cc1NC(=O)c1cnc(N)[nH]1. The molecule has 0 bridgehead atoms.